The molecule has 62 valence electrons. The summed E-state index contributed by atoms with van der Waals surface area (Å²) in [6.45, 7) is 0.898. The van der Waals surface area contributed by atoms with Crippen molar-refractivity contribution in [2.45, 2.75) is 12.8 Å². The maximum Gasteiger partial charge on any atom is 0.147 e. The summed E-state index contributed by atoms with van der Waals surface area (Å²) in [6, 6.07) is 0. The Morgan fingerprint density at radius 3 is 2.30 bits per heavy atom. The molecule has 0 aromatic heterocycles. The number of sulfone groups is 1. The third-order valence-electron chi connectivity index (χ3n) is 1.19. The van der Waals surface area contributed by atoms with E-state index in [1.165, 1.54) is 6.26 Å². The van der Waals surface area contributed by atoms with Gasteiger partial charge in [0, 0.05) is 12.0 Å². The maximum atomic E-state index is 10.6. The van der Waals surface area contributed by atoms with Gasteiger partial charge < -0.3 is 5.32 Å². The average molecular weight is 165 g/mol. The van der Waals surface area contributed by atoms with Crippen molar-refractivity contribution in [2.24, 2.45) is 0 Å². The zero-order valence-electron chi connectivity index (χ0n) is 6.55. The van der Waals surface area contributed by atoms with Crippen LogP contribution in [0, 0.1) is 0 Å². The van der Waals surface area contributed by atoms with E-state index >= 15 is 0 Å². The molecular formula is C6H15NO2S. The van der Waals surface area contributed by atoms with Crippen molar-refractivity contribution in [3.8, 4) is 0 Å². The first kappa shape index (κ1) is 9.91. The van der Waals surface area contributed by atoms with Gasteiger partial charge in [0.05, 0.1) is 0 Å². The van der Waals surface area contributed by atoms with E-state index < -0.39 is 9.84 Å². The topological polar surface area (TPSA) is 46.2 Å². The zero-order chi connectivity index (χ0) is 8.04. The second kappa shape index (κ2) is 4.68. The molecule has 4 heteroatoms. The molecule has 0 aromatic rings. The first-order valence-electron chi connectivity index (χ1n) is 3.38. The summed E-state index contributed by atoms with van der Waals surface area (Å²) >= 11 is 0. The Hall–Kier alpha value is -0.0900. The Bertz CT molecular complexity index is 163. The quantitative estimate of drug-likeness (QED) is 0.585. The van der Waals surface area contributed by atoms with Crippen LogP contribution < -0.4 is 5.32 Å². The SMILES string of the molecule is CNCCCCS(C)(=O)=O. The molecule has 0 heterocycles. The molecule has 0 aliphatic rings. The lowest BCUT2D eigenvalue weighted by Gasteiger charge is -1.97. The molecule has 1 N–H and O–H groups in total. The number of rotatable bonds is 5. The van der Waals surface area contributed by atoms with Gasteiger partial charge in [-0.2, -0.15) is 0 Å². The first-order valence-corrected chi connectivity index (χ1v) is 5.44. The van der Waals surface area contributed by atoms with Crippen molar-refractivity contribution in [3.05, 3.63) is 0 Å². The Kier molecular flexibility index (Phi) is 4.64. The molecule has 0 radical (unpaired) electrons. The van der Waals surface area contributed by atoms with Crippen molar-refractivity contribution >= 4 is 9.84 Å². The molecule has 0 amide bonds. The van der Waals surface area contributed by atoms with E-state index in [2.05, 4.69) is 5.32 Å². The number of nitrogens with one attached hydrogen (secondary N) is 1. The zero-order valence-corrected chi connectivity index (χ0v) is 7.37. The average Bonchev–Trinajstić information content (AvgIpc) is 1.78. The van der Waals surface area contributed by atoms with Crippen LogP contribution in [-0.4, -0.2) is 34.0 Å². The fourth-order valence-corrected chi connectivity index (χ4v) is 1.39. The highest BCUT2D eigenvalue weighted by molar-refractivity contribution is 7.90. The van der Waals surface area contributed by atoms with Crippen molar-refractivity contribution < 1.29 is 8.42 Å². The summed E-state index contributed by atoms with van der Waals surface area (Å²) in [4.78, 5) is 0. The van der Waals surface area contributed by atoms with E-state index in [9.17, 15) is 8.42 Å². The standard InChI is InChI=1S/C6H15NO2S/c1-7-5-3-4-6-10(2,8)9/h7H,3-6H2,1-2H3. The molecule has 0 saturated heterocycles. The lowest BCUT2D eigenvalue weighted by molar-refractivity contribution is 0.595. The lowest BCUT2D eigenvalue weighted by Crippen LogP contribution is -2.10. The number of hydrogen-bond acceptors (Lipinski definition) is 3. The second-order valence-electron chi connectivity index (χ2n) is 2.44. The summed E-state index contributed by atoms with van der Waals surface area (Å²) in [5.41, 5.74) is 0. The molecule has 0 unspecified atom stereocenters. The Labute approximate surface area is 62.7 Å². The minimum absolute atomic E-state index is 0.314. The largest absolute Gasteiger partial charge is 0.320 e. The van der Waals surface area contributed by atoms with Gasteiger partial charge in [-0.25, -0.2) is 8.42 Å². The Morgan fingerprint density at radius 2 is 1.90 bits per heavy atom. The lowest BCUT2D eigenvalue weighted by atomic mass is 10.3. The highest BCUT2D eigenvalue weighted by Gasteiger charge is 1.99. The predicted molar refractivity (Wildman–Crippen MR) is 42.9 cm³/mol. The maximum absolute atomic E-state index is 10.6. The first-order chi connectivity index (χ1) is 4.56. The van der Waals surface area contributed by atoms with Crippen molar-refractivity contribution in [2.75, 3.05) is 25.6 Å². The molecule has 0 fully saturated rings. The molecule has 0 spiro atoms. The minimum atomic E-state index is -2.73. The molecule has 0 bridgehead atoms. The van der Waals surface area contributed by atoms with Crippen LogP contribution in [0.5, 0.6) is 0 Å². The summed E-state index contributed by atoms with van der Waals surface area (Å²) in [7, 11) is -0.871. The van der Waals surface area contributed by atoms with E-state index in [0.29, 0.717) is 5.75 Å². The molecule has 0 aliphatic carbocycles. The second-order valence-corrected chi connectivity index (χ2v) is 4.70. The van der Waals surface area contributed by atoms with Gasteiger partial charge in [0.2, 0.25) is 0 Å². The van der Waals surface area contributed by atoms with Gasteiger partial charge in [0.15, 0.2) is 0 Å². The van der Waals surface area contributed by atoms with Crippen LogP contribution in [0.15, 0.2) is 0 Å². The summed E-state index contributed by atoms with van der Waals surface area (Å²) in [5.74, 6) is 0.314. The van der Waals surface area contributed by atoms with E-state index in [1.807, 2.05) is 7.05 Å². The predicted octanol–water partition coefficient (Wildman–Crippen LogP) is 0.0306. The van der Waals surface area contributed by atoms with Crippen molar-refractivity contribution in [1.29, 1.82) is 0 Å². The van der Waals surface area contributed by atoms with E-state index in [-0.39, 0.29) is 0 Å². The summed E-state index contributed by atoms with van der Waals surface area (Å²) < 4.78 is 21.1. The molecule has 0 rings (SSSR count). The molecule has 0 atom stereocenters. The third-order valence-corrected chi connectivity index (χ3v) is 2.22. The highest BCUT2D eigenvalue weighted by atomic mass is 32.2. The van der Waals surface area contributed by atoms with E-state index in [4.69, 9.17) is 0 Å². The van der Waals surface area contributed by atoms with E-state index in [0.717, 1.165) is 19.4 Å². The van der Waals surface area contributed by atoms with Crippen LogP contribution in [0.25, 0.3) is 0 Å². The van der Waals surface area contributed by atoms with Crippen molar-refractivity contribution in [3.63, 3.8) is 0 Å². The van der Waals surface area contributed by atoms with Gasteiger partial charge in [0.25, 0.3) is 0 Å². The molecule has 3 nitrogen and oxygen atoms in total. The monoisotopic (exact) mass is 165 g/mol. The van der Waals surface area contributed by atoms with Gasteiger partial charge in [-0.1, -0.05) is 0 Å². The minimum Gasteiger partial charge on any atom is -0.320 e. The summed E-state index contributed by atoms with van der Waals surface area (Å²) in [6.07, 6.45) is 2.97. The van der Waals surface area contributed by atoms with Crippen molar-refractivity contribution in [1.82, 2.24) is 5.32 Å². The smallest absolute Gasteiger partial charge is 0.147 e. The van der Waals surface area contributed by atoms with Crippen LogP contribution >= 0.6 is 0 Å². The number of unbranched alkanes of at least 4 members (excludes halogenated alkanes) is 1. The van der Waals surface area contributed by atoms with Gasteiger partial charge in [-0.3, -0.25) is 0 Å². The highest BCUT2D eigenvalue weighted by Crippen LogP contribution is 1.91. The molecular weight excluding hydrogens is 150 g/mol. The molecule has 10 heavy (non-hydrogen) atoms. The van der Waals surface area contributed by atoms with Crippen LogP contribution in [0.2, 0.25) is 0 Å². The fraction of sp³-hybridized carbons (Fsp3) is 1.00. The van der Waals surface area contributed by atoms with Gasteiger partial charge in [0.1, 0.15) is 9.84 Å². The Balaban J connectivity index is 3.21. The Morgan fingerprint density at radius 1 is 1.30 bits per heavy atom. The van der Waals surface area contributed by atoms with Crippen LogP contribution in [-0.2, 0) is 9.84 Å². The fourth-order valence-electron chi connectivity index (χ4n) is 0.666. The van der Waals surface area contributed by atoms with Gasteiger partial charge in [-0.15, -0.1) is 0 Å². The molecule has 0 aromatic carbocycles. The third kappa shape index (κ3) is 7.91. The van der Waals surface area contributed by atoms with Gasteiger partial charge in [-0.05, 0) is 26.4 Å². The molecule has 0 aliphatic heterocycles. The van der Waals surface area contributed by atoms with E-state index in [1.54, 1.807) is 0 Å². The van der Waals surface area contributed by atoms with Gasteiger partial charge >= 0.3 is 0 Å². The molecule has 0 saturated carbocycles. The van der Waals surface area contributed by atoms with Crippen LogP contribution in [0.1, 0.15) is 12.8 Å². The van der Waals surface area contributed by atoms with Crippen LogP contribution in [0.3, 0.4) is 0 Å². The normalized spacial score (nSPS) is 11.8. The summed E-state index contributed by atoms with van der Waals surface area (Å²) in [5, 5.41) is 2.96. The number of hydrogen-bond donors (Lipinski definition) is 1. The van der Waals surface area contributed by atoms with Crippen LogP contribution in [0.4, 0.5) is 0 Å².